The van der Waals surface area contributed by atoms with Gasteiger partial charge < -0.3 is 5.11 Å². The first-order valence-corrected chi connectivity index (χ1v) is 9.48. The Balaban J connectivity index is 3.17. The maximum Gasteiger partial charge on any atom is 0.335 e. The minimum Gasteiger partial charge on any atom is -0.478 e. The molecule has 1 unspecified atom stereocenters. The summed E-state index contributed by atoms with van der Waals surface area (Å²) in [6, 6.07) is 2.47. The molecule has 2 N–H and O–H groups in total. The highest BCUT2D eigenvalue weighted by Gasteiger charge is 2.21. The third-order valence-corrected chi connectivity index (χ3v) is 6.02. The summed E-state index contributed by atoms with van der Waals surface area (Å²) < 4.78 is 37.8. The van der Waals surface area contributed by atoms with Gasteiger partial charge in [0, 0.05) is 33.8 Å². The predicted octanol–water partition coefficient (Wildman–Crippen LogP) is 1.11. The van der Waals surface area contributed by atoms with E-state index in [1.165, 1.54) is 12.3 Å². The Hall–Kier alpha value is -0.770. The number of carboxylic acids is 1. The van der Waals surface area contributed by atoms with Crippen molar-refractivity contribution in [3.8, 4) is 0 Å². The predicted molar refractivity (Wildman–Crippen MR) is 80.0 cm³/mol. The van der Waals surface area contributed by atoms with Crippen LogP contribution in [-0.2, 0) is 20.8 Å². The molecule has 1 rings (SSSR count). The van der Waals surface area contributed by atoms with Crippen molar-refractivity contribution in [2.75, 3.05) is 18.6 Å². The van der Waals surface area contributed by atoms with Crippen LogP contribution < -0.4 is 4.72 Å². The monoisotopic (exact) mass is 383 g/mol. The molecule has 20 heavy (non-hydrogen) atoms. The second kappa shape index (κ2) is 6.79. The van der Waals surface area contributed by atoms with Gasteiger partial charge in [-0.1, -0.05) is 0 Å². The van der Waals surface area contributed by atoms with Crippen LogP contribution in [0.2, 0.25) is 0 Å². The molecule has 9 heteroatoms. The van der Waals surface area contributed by atoms with Crippen molar-refractivity contribution in [3.05, 3.63) is 27.7 Å². The number of rotatable bonds is 6. The molecule has 0 amide bonds. The molecule has 0 saturated heterocycles. The zero-order valence-electron chi connectivity index (χ0n) is 10.8. The van der Waals surface area contributed by atoms with E-state index in [1.807, 2.05) is 0 Å². The van der Waals surface area contributed by atoms with E-state index in [0.717, 1.165) is 6.07 Å². The second-order valence-electron chi connectivity index (χ2n) is 4.09. The molecular weight excluding hydrogens is 370 g/mol. The van der Waals surface area contributed by atoms with Crippen LogP contribution in [-0.4, -0.2) is 42.3 Å². The summed E-state index contributed by atoms with van der Waals surface area (Å²) in [5.41, 5.74) is 0.398. The third-order valence-electron chi connectivity index (χ3n) is 2.44. The Morgan fingerprint density at radius 2 is 2.05 bits per heavy atom. The van der Waals surface area contributed by atoms with Crippen molar-refractivity contribution in [2.45, 2.75) is 11.8 Å². The number of aryl methyl sites for hydroxylation is 1. The van der Waals surface area contributed by atoms with Gasteiger partial charge in [-0.15, -0.1) is 0 Å². The Kier molecular flexibility index (Phi) is 5.87. The molecular formula is C11H14BrNO5S2. The van der Waals surface area contributed by atoms with Crippen molar-refractivity contribution in [1.29, 1.82) is 0 Å². The van der Waals surface area contributed by atoms with Gasteiger partial charge in [-0.25, -0.2) is 17.9 Å². The molecule has 0 bridgehead atoms. The van der Waals surface area contributed by atoms with Gasteiger partial charge in [0.05, 0.1) is 10.5 Å². The topological polar surface area (TPSA) is 101 Å². The SMILES string of the molecule is Cc1cc(C(=O)O)cc(S(=O)(=O)NCCS(C)=O)c1Br. The summed E-state index contributed by atoms with van der Waals surface area (Å²) in [5, 5.41) is 8.97. The molecule has 0 aliphatic carbocycles. The number of carbonyl (C=O) groups is 1. The number of halogens is 1. The van der Waals surface area contributed by atoms with E-state index in [1.54, 1.807) is 6.92 Å². The highest BCUT2D eigenvalue weighted by molar-refractivity contribution is 9.10. The van der Waals surface area contributed by atoms with Crippen LogP contribution in [0.25, 0.3) is 0 Å². The van der Waals surface area contributed by atoms with E-state index in [4.69, 9.17) is 5.11 Å². The first-order valence-electron chi connectivity index (χ1n) is 5.48. The van der Waals surface area contributed by atoms with Crippen LogP contribution in [0.5, 0.6) is 0 Å². The first kappa shape index (κ1) is 17.3. The maximum atomic E-state index is 12.1. The highest BCUT2D eigenvalue weighted by Crippen LogP contribution is 2.27. The molecule has 0 aliphatic heterocycles. The number of hydrogen-bond donors (Lipinski definition) is 2. The number of carboxylic acid groups (broad SMARTS) is 1. The van der Waals surface area contributed by atoms with Gasteiger partial charge in [-0.3, -0.25) is 4.21 Å². The molecule has 0 aromatic heterocycles. The summed E-state index contributed by atoms with van der Waals surface area (Å²) >= 11 is 3.15. The summed E-state index contributed by atoms with van der Waals surface area (Å²) in [6.45, 7) is 1.63. The lowest BCUT2D eigenvalue weighted by molar-refractivity contribution is 0.0696. The molecule has 0 aliphatic rings. The maximum absolute atomic E-state index is 12.1. The first-order chi connectivity index (χ1) is 9.15. The smallest absolute Gasteiger partial charge is 0.335 e. The summed E-state index contributed by atoms with van der Waals surface area (Å²) in [5.74, 6) is -1.01. The molecule has 0 radical (unpaired) electrons. The zero-order chi connectivity index (χ0) is 15.5. The fraction of sp³-hybridized carbons (Fsp3) is 0.364. The molecule has 6 nitrogen and oxygen atoms in total. The van der Waals surface area contributed by atoms with Crippen molar-refractivity contribution < 1.29 is 22.5 Å². The van der Waals surface area contributed by atoms with Gasteiger partial charge in [0.1, 0.15) is 0 Å². The van der Waals surface area contributed by atoms with Crippen LogP contribution in [0.4, 0.5) is 0 Å². The molecule has 0 saturated carbocycles. The standard InChI is InChI=1S/C11H14BrNO5S2/c1-7-5-8(11(14)15)6-9(10(7)12)20(17,18)13-3-4-19(2)16/h5-6,13H,3-4H2,1-2H3,(H,14,15). The van der Waals surface area contributed by atoms with Crippen molar-refractivity contribution in [3.63, 3.8) is 0 Å². The van der Waals surface area contributed by atoms with Gasteiger partial charge in [0.15, 0.2) is 0 Å². The van der Waals surface area contributed by atoms with Gasteiger partial charge in [0.25, 0.3) is 0 Å². The lowest BCUT2D eigenvalue weighted by Gasteiger charge is -2.11. The van der Waals surface area contributed by atoms with Crippen molar-refractivity contribution in [1.82, 2.24) is 4.72 Å². The van der Waals surface area contributed by atoms with Crippen LogP contribution in [0, 0.1) is 6.92 Å². The van der Waals surface area contributed by atoms with Crippen LogP contribution >= 0.6 is 15.9 Å². The van der Waals surface area contributed by atoms with Gasteiger partial charge in [-0.2, -0.15) is 0 Å². The largest absolute Gasteiger partial charge is 0.478 e. The molecule has 0 spiro atoms. The van der Waals surface area contributed by atoms with E-state index < -0.39 is 26.8 Å². The second-order valence-corrected chi connectivity index (χ2v) is 8.17. The molecule has 112 valence electrons. The van der Waals surface area contributed by atoms with Crippen molar-refractivity contribution >= 4 is 42.7 Å². The molecule has 0 heterocycles. The minimum absolute atomic E-state index is 0.0221. The van der Waals surface area contributed by atoms with Crippen LogP contribution in [0.1, 0.15) is 15.9 Å². The average molecular weight is 384 g/mol. The molecule has 0 fully saturated rings. The Bertz CT molecular complexity index is 657. The van der Waals surface area contributed by atoms with Gasteiger partial charge in [0.2, 0.25) is 10.0 Å². The normalized spacial score (nSPS) is 13.2. The summed E-state index contributed by atoms with van der Waals surface area (Å²) in [6.07, 6.45) is 1.47. The van der Waals surface area contributed by atoms with Gasteiger partial charge in [-0.05, 0) is 40.5 Å². The average Bonchev–Trinajstić information content (AvgIpc) is 2.31. The third kappa shape index (κ3) is 4.37. The number of nitrogens with one attached hydrogen (secondary N) is 1. The fourth-order valence-electron chi connectivity index (χ4n) is 1.45. The van der Waals surface area contributed by atoms with E-state index in [0.29, 0.717) is 10.0 Å². The molecule has 1 aromatic carbocycles. The zero-order valence-corrected chi connectivity index (χ0v) is 14.1. The highest BCUT2D eigenvalue weighted by atomic mass is 79.9. The van der Waals surface area contributed by atoms with E-state index in [2.05, 4.69) is 20.7 Å². The molecule has 1 atom stereocenters. The molecule has 1 aromatic rings. The van der Waals surface area contributed by atoms with E-state index in [9.17, 15) is 17.4 Å². The van der Waals surface area contributed by atoms with E-state index >= 15 is 0 Å². The Morgan fingerprint density at radius 3 is 2.55 bits per heavy atom. The summed E-state index contributed by atoms with van der Waals surface area (Å²) in [4.78, 5) is 10.8. The number of aromatic carboxylic acids is 1. The van der Waals surface area contributed by atoms with Gasteiger partial charge >= 0.3 is 5.97 Å². The van der Waals surface area contributed by atoms with Crippen LogP contribution in [0.3, 0.4) is 0 Å². The number of benzene rings is 1. The van der Waals surface area contributed by atoms with Crippen molar-refractivity contribution in [2.24, 2.45) is 0 Å². The lowest BCUT2D eigenvalue weighted by Crippen LogP contribution is -2.28. The quantitative estimate of drug-likeness (QED) is 0.766. The Labute approximate surface area is 128 Å². The van der Waals surface area contributed by atoms with Crippen LogP contribution in [0.15, 0.2) is 21.5 Å². The number of hydrogen-bond acceptors (Lipinski definition) is 4. The fourth-order valence-corrected chi connectivity index (χ4v) is 4.05. The number of sulfonamides is 1. The minimum atomic E-state index is -3.86. The van der Waals surface area contributed by atoms with E-state index in [-0.39, 0.29) is 22.8 Å². The Morgan fingerprint density at radius 1 is 1.45 bits per heavy atom. The lowest BCUT2D eigenvalue weighted by atomic mass is 10.1. The summed E-state index contributed by atoms with van der Waals surface area (Å²) in [7, 11) is -4.97.